The lowest BCUT2D eigenvalue weighted by atomic mass is 10.1. The van der Waals surface area contributed by atoms with Crippen LogP contribution in [-0.2, 0) is 13.2 Å². The van der Waals surface area contributed by atoms with Crippen molar-refractivity contribution in [2.45, 2.75) is 13.2 Å². The van der Waals surface area contributed by atoms with Crippen LogP contribution >= 0.6 is 11.3 Å². The maximum atomic E-state index is 13.0. The number of amides is 1. The number of ether oxygens (including phenoxy) is 1. The third-order valence-electron chi connectivity index (χ3n) is 3.77. The number of carbonyl (C=O) groups excluding carboxylic acids is 1. The highest BCUT2D eigenvalue weighted by molar-refractivity contribution is 7.07. The molecule has 1 heterocycles. The number of carbonyl (C=O) groups is 1. The van der Waals surface area contributed by atoms with Gasteiger partial charge in [0.25, 0.3) is 5.91 Å². The number of rotatable bonds is 6. The number of nitrogens with zero attached hydrogens (tertiary/aromatic N) is 1. The lowest BCUT2D eigenvalue weighted by molar-refractivity contribution is 0.0780. The number of thiophene rings is 1. The molecule has 0 N–H and O–H groups in total. The van der Waals surface area contributed by atoms with Crippen LogP contribution in [0.15, 0.2) is 65.4 Å². The van der Waals surface area contributed by atoms with Gasteiger partial charge in [-0.05, 0) is 52.2 Å². The summed E-state index contributed by atoms with van der Waals surface area (Å²) in [5.74, 6) is 0.143. The van der Waals surface area contributed by atoms with Crippen LogP contribution in [0.25, 0.3) is 0 Å². The minimum atomic E-state index is -0.283. The van der Waals surface area contributed by atoms with Gasteiger partial charge in [0, 0.05) is 13.6 Å². The highest BCUT2D eigenvalue weighted by atomic mass is 32.1. The topological polar surface area (TPSA) is 29.5 Å². The van der Waals surface area contributed by atoms with Gasteiger partial charge in [-0.25, -0.2) is 4.39 Å². The van der Waals surface area contributed by atoms with E-state index >= 15 is 0 Å². The Morgan fingerprint density at radius 2 is 1.84 bits per heavy atom. The molecule has 0 aliphatic heterocycles. The summed E-state index contributed by atoms with van der Waals surface area (Å²) in [7, 11) is 1.77. The summed E-state index contributed by atoms with van der Waals surface area (Å²) >= 11 is 1.61. The minimum Gasteiger partial charge on any atom is -0.488 e. The number of halogens is 1. The quantitative estimate of drug-likeness (QED) is 0.639. The van der Waals surface area contributed by atoms with Crippen LogP contribution < -0.4 is 4.74 Å². The van der Waals surface area contributed by atoms with Crippen LogP contribution in [0.1, 0.15) is 21.5 Å². The lowest BCUT2D eigenvalue weighted by Crippen LogP contribution is -2.26. The molecule has 5 heteroatoms. The first-order chi connectivity index (χ1) is 12.1. The van der Waals surface area contributed by atoms with Gasteiger partial charge in [-0.2, -0.15) is 11.3 Å². The molecule has 2 aromatic carbocycles. The Hall–Kier alpha value is -2.66. The van der Waals surface area contributed by atoms with Crippen molar-refractivity contribution in [1.29, 1.82) is 0 Å². The van der Waals surface area contributed by atoms with E-state index in [1.165, 1.54) is 12.1 Å². The zero-order valence-electron chi connectivity index (χ0n) is 13.8. The standard InChI is InChI=1S/C20H18FNO2S/c1-22(12-16-10-11-25-14-16)20(23)18-4-2-3-5-19(18)24-13-15-6-8-17(21)9-7-15/h2-11,14H,12-13H2,1H3. The molecule has 0 saturated heterocycles. The molecule has 0 bridgehead atoms. The Bertz CT molecular complexity index is 831. The van der Waals surface area contributed by atoms with E-state index in [0.717, 1.165) is 11.1 Å². The molecule has 128 valence electrons. The van der Waals surface area contributed by atoms with E-state index < -0.39 is 0 Å². The molecule has 0 radical (unpaired) electrons. The Kier molecular flexibility index (Phi) is 5.46. The number of hydrogen-bond donors (Lipinski definition) is 0. The monoisotopic (exact) mass is 355 g/mol. The number of benzene rings is 2. The third-order valence-corrected chi connectivity index (χ3v) is 4.50. The maximum absolute atomic E-state index is 13.0. The van der Waals surface area contributed by atoms with E-state index in [-0.39, 0.29) is 18.3 Å². The predicted octanol–water partition coefficient (Wildman–Crippen LogP) is 4.74. The summed E-state index contributed by atoms with van der Waals surface area (Å²) in [5, 5.41) is 4.02. The molecule has 0 aliphatic rings. The van der Waals surface area contributed by atoms with Gasteiger partial charge >= 0.3 is 0 Å². The van der Waals surface area contributed by atoms with Gasteiger partial charge in [-0.3, -0.25) is 4.79 Å². The third kappa shape index (κ3) is 4.45. The molecule has 0 aliphatic carbocycles. The van der Waals surface area contributed by atoms with Gasteiger partial charge in [-0.1, -0.05) is 24.3 Å². The smallest absolute Gasteiger partial charge is 0.257 e. The first kappa shape index (κ1) is 17.2. The molecule has 0 unspecified atom stereocenters. The molecule has 0 fully saturated rings. The van der Waals surface area contributed by atoms with Crippen molar-refractivity contribution in [2.75, 3.05) is 7.05 Å². The molecule has 0 spiro atoms. The van der Waals surface area contributed by atoms with Crippen molar-refractivity contribution < 1.29 is 13.9 Å². The second kappa shape index (κ2) is 7.94. The van der Waals surface area contributed by atoms with Crippen molar-refractivity contribution in [3.05, 3.63) is 87.9 Å². The minimum absolute atomic E-state index is 0.0964. The summed E-state index contributed by atoms with van der Waals surface area (Å²) in [6.45, 7) is 0.827. The molecule has 3 rings (SSSR count). The van der Waals surface area contributed by atoms with Crippen molar-refractivity contribution in [3.8, 4) is 5.75 Å². The van der Waals surface area contributed by atoms with E-state index in [2.05, 4.69) is 0 Å². The molecule has 1 amide bonds. The van der Waals surface area contributed by atoms with E-state index in [4.69, 9.17) is 4.74 Å². The summed E-state index contributed by atoms with van der Waals surface area (Å²) in [4.78, 5) is 14.4. The predicted molar refractivity (Wildman–Crippen MR) is 97.3 cm³/mol. The molecule has 3 aromatic rings. The first-order valence-electron chi connectivity index (χ1n) is 7.86. The Labute approximate surface area is 150 Å². The van der Waals surface area contributed by atoms with Gasteiger partial charge < -0.3 is 9.64 Å². The van der Waals surface area contributed by atoms with Gasteiger partial charge in [-0.15, -0.1) is 0 Å². The zero-order valence-corrected chi connectivity index (χ0v) is 14.6. The molecular formula is C20H18FNO2S. The van der Waals surface area contributed by atoms with Crippen molar-refractivity contribution in [1.82, 2.24) is 4.90 Å². The Morgan fingerprint density at radius 3 is 2.56 bits per heavy atom. The van der Waals surface area contributed by atoms with Gasteiger partial charge in [0.1, 0.15) is 18.2 Å². The Morgan fingerprint density at radius 1 is 1.08 bits per heavy atom. The van der Waals surface area contributed by atoms with Crippen LogP contribution in [0, 0.1) is 5.82 Å². The fourth-order valence-corrected chi connectivity index (χ4v) is 3.10. The van der Waals surface area contributed by atoms with Crippen molar-refractivity contribution >= 4 is 17.2 Å². The summed E-state index contributed by atoms with van der Waals surface area (Å²) in [6.07, 6.45) is 0. The zero-order chi connectivity index (χ0) is 17.6. The molecule has 25 heavy (non-hydrogen) atoms. The van der Waals surface area contributed by atoms with Gasteiger partial charge in [0.05, 0.1) is 5.56 Å². The van der Waals surface area contributed by atoms with Crippen molar-refractivity contribution in [3.63, 3.8) is 0 Å². The largest absolute Gasteiger partial charge is 0.488 e. The first-order valence-corrected chi connectivity index (χ1v) is 8.80. The SMILES string of the molecule is CN(Cc1ccsc1)C(=O)c1ccccc1OCc1ccc(F)cc1. The van der Waals surface area contributed by atoms with E-state index in [0.29, 0.717) is 17.9 Å². The van der Waals surface area contributed by atoms with Crippen LogP contribution in [0.5, 0.6) is 5.75 Å². The van der Waals surface area contributed by atoms with Gasteiger partial charge in [0.2, 0.25) is 0 Å². The van der Waals surface area contributed by atoms with Crippen LogP contribution in [0.4, 0.5) is 4.39 Å². The van der Waals surface area contributed by atoms with E-state index in [1.54, 1.807) is 47.5 Å². The molecule has 3 nitrogen and oxygen atoms in total. The average molecular weight is 355 g/mol. The Balaban J connectivity index is 1.71. The summed E-state index contributed by atoms with van der Waals surface area (Å²) in [6, 6.07) is 15.3. The second-order valence-electron chi connectivity index (χ2n) is 5.70. The van der Waals surface area contributed by atoms with Crippen LogP contribution in [0.2, 0.25) is 0 Å². The number of para-hydroxylation sites is 1. The fraction of sp³-hybridized carbons (Fsp3) is 0.150. The maximum Gasteiger partial charge on any atom is 0.257 e. The van der Waals surface area contributed by atoms with Gasteiger partial charge in [0.15, 0.2) is 0 Å². The summed E-state index contributed by atoms with van der Waals surface area (Å²) in [5.41, 5.74) is 2.46. The molecule has 0 saturated carbocycles. The molecular weight excluding hydrogens is 337 g/mol. The fourth-order valence-electron chi connectivity index (χ4n) is 2.44. The average Bonchev–Trinajstić information content (AvgIpc) is 3.14. The second-order valence-corrected chi connectivity index (χ2v) is 6.48. The van der Waals surface area contributed by atoms with Crippen LogP contribution in [0.3, 0.4) is 0 Å². The lowest BCUT2D eigenvalue weighted by Gasteiger charge is -2.18. The molecule has 1 aromatic heterocycles. The number of hydrogen-bond acceptors (Lipinski definition) is 3. The van der Waals surface area contributed by atoms with Crippen LogP contribution in [-0.4, -0.2) is 17.9 Å². The highest BCUT2D eigenvalue weighted by Gasteiger charge is 2.17. The highest BCUT2D eigenvalue weighted by Crippen LogP contribution is 2.22. The molecule has 0 atom stereocenters. The van der Waals surface area contributed by atoms with E-state index in [9.17, 15) is 9.18 Å². The van der Waals surface area contributed by atoms with Crippen molar-refractivity contribution in [2.24, 2.45) is 0 Å². The van der Waals surface area contributed by atoms with E-state index in [1.807, 2.05) is 29.0 Å². The normalized spacial score (nSPS) is 10.5. The summed E-state index contributed by atoms with van der Waals surface area (Å²) < 4.78 is 18.8.